The molecule has 1 aromatic heterocycles. The van der Waals surface area contributed by atoms with Crippen molar-refractivity contribution in [3.8, 4) is 0 Å². The molecule has 2 rings (SSSR count). The van der Waals surface area contributed by atoms with Crippen LogP contribution in [0.4, 0.5) is 4.39 Å². The van der Waals surface area contributed by atoms with E-state index in [1.54, 1.807) is 5.38 Å². The zero-order chi connectivity index (χ0) is 12.6. The van der Waals surface area contributed by atoms with Gasteiger partial charge in [-0.1, -0.05) is 17.7 Å². The van der Waals surface area contributed by atoms with Crippen LogP contribution < -0.4 is 0 Å². The van der Waals surface area contributed by atoms with Crippen LogP contribution in [0.15, 0.2) is 32.5 Å². The van der Waals surface area contributed by atoms with E-state index in [1.807, 2.05) is 0 Å². The van der Waals surface area contributed by atoms with E-state index >= 15 is 0 Å². The van der Waals surface area contributed by atoms with Crippen molar-refractivity contribution in [2.45, 2.75) is 0 Å². The smallest absolute Gasteiger partial charge is 0.205 e. The van der Waals surface area contributed by atoms with Gasteiger partial charge in [-0.25, -0.2) is 4.39 Å². The number of halogens is 4. The Morgan fingerprint density at radius 2 is 2.06 bits per heavy atom. The van der Waals surface area contributed by atoms with Crippen molar-refractivity contribution in [3.05, 3.63) is 53.8 Å². The van der Waals surface area contributed by atoms with Gasteiger partial charge in [0.1, 0.15) is 5.82 Å². The molecule has 0 radical (unpaired) electrons. The molecule has 0 fully saturated rings. The van der Waals surface area contributed by atoms with Gasteiger partial charge in [0.25, 0.3) is 0 Å². The Balaban J connectivity index is 2.51. The maximum absolute atomic E-state index is 13.3. The average Bonchev–Trinajstić information content (AvgIpc) is 2.63. The second-order valence-electron chi connectivity index (χ2n) is 3.16. The first-order chi connectivity index (χ1) is 8.02. The fourth-order valence-electron chi connectivity index (χ4n) is 1.28. The summed E-state index contributed by atoms with van der Waals surface area (Å²) in [5.41, 5.74) is 0.168. The molecule has 1 aromatic carbocycles. The van der Waals surface area contributed by atoms with Crippen LogP contribution >= 0.6 is 54.8 Å². The van der Waals surface area contributed by atoms with Gasteiger partial charge in [-0.3, -0.25) is 4.79 Å². The quantitative estimate of drug-likeness (QED) is 0.628. The van der Waals surface area contributed by atoms with Crippen LogP contribution in [0.2, 0.25) is 5.02 Å². The number of thiophene rings is 1. The fourth-order valence-corrected chi connectivity index (χ4v) is 3.59. The van der Waals surface area contributed by atoms with Gasteiger partial charge in [-0.05, 0) is 44.0 Å². The molecular weight excluding hydrogens is 394 g/mol. The molecule has 88 valence electrons. The number of carbonyl (C=O) groups is 1. The SMILES string of the molecule is O=C(c1cccc(F)c1Cl)c1scc(Br)c1Br. The van der Waals surface area contributed by atoms with Crippen molar-refractivity contribution in [1.82, 2.24) is 0 Å². The van der Waals surface area contributed by atoms with Gasteiger partial charge < -0.3 is 0 Å². The van der Waals surface area contributed by atoms with Gasteiger partial charge in [-0.15, -0.1) is 11.3 Å². The number of ketones is 1. The van der Waals surface area contributed by atoms with E-state index in [-0.39, 0.29) is 16.4 Å². The molecule has 0 atom stereocenters. The summed E-state index contributed by atoms with van der Waals surface area (Å²) in [6.07, 6.45) is 0. The minimum Gasteiger partial charge on any atom is -0.288 e. The third kappa shape index (κ3) is 2.47. The normalized spacial score (nSPS) is 10.6. The molecule has 6 heteroatoms. The van der Waals surface area contributed by atoms with Gasteiger partial charge in [-0.2, -0.15) is 0 Å². The summed E-state index contributed by atoms with van der Waals surface area (Å²) >= 11 is 13.6. The highest BCUT2D eigenvalue weighted by Gasteiger charge is 2.20. The Labute approximate surface area is 123 Å². The first-order valence-corrected chi connectivity index (χ1v) is 7.28. The number of benzene rings is 1. The Hall–Kier alpha value is -0.230. The van der Waals surface area contributed by atoms with Crippen molar-refractivity contribution < 1.29 is 9.18 Å². The summed E-state index contributed by atoms with van der Waals surface area (Å²) in [5.74, 6) is -0.888. The highest BCUT2D eigenvalue weighted by atomic mass is 79.9. The Morgan fingerprint density at radius 3 is 2.65 bits per heavy atom. The molecule has 0 aliphatic rings. The zero-order valence-electron chi connectivity index (χ0n) is 8.14. The minimum atomic E-state index is -0.593. The zero-order valence-corrected chi connectivity index (χ0v) is 12.9. The number of hydrogen-bond donors (Lipinski definition) is 0. The van der Waals surface area contributed by atoms with Gasteiger partial charge in [0.15, 0.2) is 0 Å². The highest BCUT2D eigenvalue weighted by molar-refractivity contribution is 9.13. The first kappa shape index (κ1) is 13.2. The van der Waals surface area contributed by atoms with Crippen LogP contribution in [0.3, 0.4) is 0 Å². The number of hydrogen-bond acceptors (Lipinski definition) is 2. The van der Waals surface area contributed by atoms with Crippen molar-refractivity contribution in [1.29, 1.82) is 0 Å². The molecule has 0 spiro atoms. The van der Waals surface area contributed by atoms with Crippen LogP contribution in [0.25, 0.3) is 0 Å². The van der Waals surface area contributed by atoms with Crippen LogP contribution in [-0.2, 0) is 0 Å². The molecule has 17 heavy (non-hydrogen) atoms. The minimum absolute atomic E-state index is 0.145. The van der Waals surface area contributed by atoms with E-state index in [0.717, 1.165) is 4.47 Å². The molecular formula is C11H4Br2ClFOS. The Morgan fingerprint density at radius 1 is 1.35 bits per heavy atom. The number of carbonyl (C=O) groups excluding carboxylic acids is 1. The molecule has 1 nitrogen and oxygen atoms in total. The lowest BCUT2D eigenvalue weighted by atomic mass is 10.1. The van der Waals surface area contributed by atoms with E-state index in [9.17, 15) is 9.18 Å². The maximum Gasteiger partial charge on any atom is 0.205 e. The second-order valence-corrected chi connectivity index (χ2v) is 6.06. The van der Waals surface area contributed by atoms with Crippen molar-refractivity contribution >= 4 is 60.6 Å². The van der Waals surface area contributed by atoms with Gasteiger partial charge in [0.2, 0.25) is 5.78 Å². The predicted octanol–water partition coefficient (Wildman–Crippen LogP) is 5.30. The standard InChI is InChI=1S/C11H4Br2ClFOS/c12-6-4-17-11(8(6)13)10(16)5-2-1-3-7(15)9(5)14/h1-4H. The Bertz CT molecular complexity index is 597. The third-order valence-corrected chi connectivity index (χ3v) is 6.00. The van der Waals surface area contributed by atoms with Crippen molar-refractivity contribution in [2.24, 2.45) is 0 Å². The number of rotatable bonds is 2. The van der Waals surface area contributed by atoms with E-state index in [2.05, 4.69) is 31.9 Å². The summed E-state index contributed by atoms with van der Waals surface area (Å²) in [7, 11) is 0. The lowest BCUT2D eigenvalue weighted by Gasteiger charge is -2.03. The Kier molecular flexibility index (Phi) is 4.02. The van der Waals surface area contributed by atoms with Crippen LogP contribution in [-0.4, -0.2) is 5.78 Å². The molecule has 0 bridgehead atoms. The van der Waals surface area contributed by atoms with Gasteiger partial charge >= 0.3 is 0 Å². The van der Waals surface area contributed by atoms with E-state index < -0.39 is 5.82 Å². The molecule has 0 saturated heterocycles. The van der Waals surface area contributed by atoms with Gasteiger partial charge in [0, 0.05) is 15.4 Å². The lowest BCUT2D eigenvalue weighted by Crippen LogP contribution is -2.01. The van der Waals surface area contributed by atoms with Gasteiger partial charge in [0.05, 0.1) is 14.4 Å². The lowest BCUT2D eigenvalue weighted by molar-refractivity contribution is 0.104. The van der Waals surface area contributed by atoms with E-state index in [4.69, 9.17) is 11.6 Å². The molecule has 0 saturated carbocycles. The van der Waals surface area contributed by atoms with Crippen LogP contribution in [0.1, 0.15) is 15.2 Å². The largest absolute Gasteiger partial charge is 0.288 e. The molecule has 0 unspecified atom stereocenters. The van der Waals surface area contributed by atoms with E-state index in [0.29, 0.717) is 9.35 Å². The maximum atomic E-state index is 13.3. The van der Waals surface area contributed by atoms with Crippen LogP contribution in [0.5, 0.6) is 0 Å². The summed E-state index contributed by atoms with van der Waals surface area (Å²) in [4.78, 5) is 12.7. The van der Waals surface area contributed by atoms with Crippen LogP contribution in [0, 0.1) is 5.82 Å². The fraction of sp³-hybridized carbons (Fsp3) is 0. The van der Waals surface area contributed by atoms with E-state index in [1.165, 1.54) is 29.5 Å². The molecule has 0 aliphatic carbocycles. The highest BCUT2D eigenvalue weighted by Crippen LogP contribution is 2.35. The molecule has 0 aliphatic heterocycles. The summed E-state index contributed by atoms with van der Waals surface area (Å²) < 4.78 is 14.7. The predicted molar refractivity (Wildman–Crippen MR) is 74.6 cm³/mol. The third-order valence-electron chi connectivity index (χ3n) is 2.09. The molecule has 0 amide bonds. The first-order valence-electron chi connectivity index (χ1n) is 4.43. The summed E-state index contributed by atoms with van der Waals surface area (Å²) in [5, 5.41) is 1.64. The summed E-state index contributed by atoms with van der Waals surface area (Å²) in [6, 6.07) is 4.19. The molecule has 0 N–H and O–H groups in total. The topological polar surface area (TPSA) is 17.1 Å². The summed E-state index contributed by atoms with van der Waals surface area (Å²) in [6.45, 7) is 0. The molecule has 1 heterocycles. The second kappa shape index (κ2) is 5.18. The van der Waals surface area contributed by atoms with Crippen molar-refractivity contribution in [3.63, 3.8) is 0 Å². The van der Waals surface area contributed by atoms with Crippen molar-refractivity contribution in [2.75, 3.05) is 0 Å². The monoisotopic (exact) mass is 396 g/mol. The average molecular weight is 398 g/mol. The molecule has 2 aromatic rings.